The van der Waals surface area contributed by atoms with Gasteiger partial charge in [-0.15, -0.1) is 0 Å². The summed E-state index contributed by atoms with van der Waals surface area (Å²) in [4.78, 5) is 10.4. The number of anilines is 1. The maximum atomic E-state index is 10.4. The molecule has 0 bridgehead atoms. The topological polar surface area (TPSA) is 52.9 Å². The average Bonchev–Trinajstić information content (AvgIpc) is 2.50. The van der Waals surface area contributed by atoms with E-state index in [1.54, 1.807) is 5.01 Å². The van der Waals surface area contributed by atoms with Crippen LogP contribution in [0, 0.1) is 0 Å². The molecule has 0 radical (unpaired) electrons. The van der Waals surface area contributed by atoms with E-state index in [-0.39, 0.29) is 6.04 Å². The highest BCUT2D eigenvalue weighted by Crippen LogP contribution is 2.31. The Bertz CT molecular complexity index is 415. The van der Waals surface area contributed by atoms with E-state index in [2.05, 4.69) is 5.10 Å². The normalized spacial score (nSPS) is 19.5. The first-order valence-corrected chi connectivity index (χ1v) is 4.82. The van der Waals surface area contributed by atoms with Crippen LogP contribution in [0.1, 0.15) is 12.5 Å². The Morgan fingerprint density at radius 3 is 3.07 bits per heavy atom. The van der Waals surface area contributed by atoms with Crippen molar-refractivity contribution >= 4 is 17.9 Å². The summed E-state index contributed by atoms with van der Waals surface area (Å²) >= 11 is 0. The molecule has 4 nitrogen and oxygen atoms in total. The molecule has 1 heterocycles. The lowest BCUT2D eigenvalue weighted by Gasteiger charge is -2.17. The summed E-state index contributed by atoms with van der Waals surface area (Å²) in [6, 6.07) is 8.13. The number of carboxylic acids is 1. The Kier molecular flexibility index (Phi) is 2.41. The second kappa shape index (κ2) is 3.73. The number of hydrogen-bond donors (Lipinski definition) is 1. The third-order valence-corrected chi connectivity index (χ3v) is 2.46. The quantitative estimate of drug-likeness (QED) is 0.743. The van der Waals surface area contributed by atoms with Crippen LogP contribution in [0.2, 0.25) is 0 Å². The Balaban J connectivity index is 2.30. The Morgan fingerprint density at radius 2 is 2.33 bits per heavy atom. The first kappa shape index (κ1) is 9.71. The first-order valence-electron chi connectivity index (χ1n) is 4.82. The van der Waals surface area contributed by atoms with Gasteiger partial charge < -0.3 is 5.11 Å². The van der Waals surface area contributed by atoms with Crippen molar-refractivity contribution in [1.29, 1.82) is 0 Å². The molecule has 1 unspecified atom stereocenters. The number of hydrogen-bond acceptors (Lipinski definition) is 3. The Labute approximate surface area is 87.8 Å². The molecule has 2 rings (SSSR count). The summed E-state index contributed by atoms with van der Waals surface area (Å²) in [5, 5.41) is 14.2. The molecule has 15 heavy (non-hydrogen) atoms. The van der Waals surface area contributed by atoms with Gasteiger partial charge in [0.2, 0.25) is 0 Å². The molecule has 1 aromatic rings. The molecular formula is C11H12N2O2. The molecule has 1 aromatic carbocycles. The van der Waals surface area contributed by atoms with Gasteiger partial charge in [-0.3, -0.25) is 5.01 Å². The van der Waals surface area contributed by atoms with Crippen molar-refractivity contribution in [3.63, 3.8) is 0 Å². The Morgan fingerprint density at radius 1 is 1.60 bits per heavy atom. The molecule has 0 saturated heterocycles. The minimum atomic E-state index is -1.02. The SMILES string of the molecule is CC1Cc2ccccc2N1N=CC(=O)O. The van der Waals surface area contributed by atoms with Crippen LogP contribution in [0.25, 0.3) is 0 Å². The van der Waals surface area contributed by atoms with E-state index in [1.807, 2.05) is 31.2 Å². The van der Waals surface area contributed by atoms with Crippen molar-refractivity contribution in [2.75, 3.05) is 5.01 Å². The zero-order chi connectivity index (χ0) is 10.8. The van der Waals surface area contributed by atoms with E-state index in [0.29, 0.717) is 0 Å². The predicted molar refractivity (Wildman–Crippen MR) is 58.2 cm³/mol. The van der Waals surface area contributed by atoms with E-state index in [0.717, 1.165) is 18.3 Å². The fourth-order valence-electron chi connectivity index (χ4n) is 1.84. The number of carbonyl (C=O) groups is 1. The molecule has 4 heteroatoms. The molecule has 78 valence electrons. The largest absolute Gasteiger partial charge is 0.477 e. The fourth-order valence-corrected chi connectivity index (χ4v) is 1.84. The highest BCUT2D eigenvalue weighted by Gasteiger charge is 2.24. The van der Waals surface area contributed by atoms with Gasteiger partial charge in [-0.05, 0) is 25.0 Å². The van der Waals surface area contributed by atoms with Crippen molar-refractivity contribution in [2.24, 2.45) is 5.10 Å². The zero-order valence-corrected chi connectivity index (χ0v) is 8.42. The van der Waals surface area contributed by atoms with E-state index in [9.17, 15) is 4.79 Å². The number of nitrogens with zero attached hydrogens (tertiary/aromatic N) is 2. The van der Waals surface area contributed by atoms with Gasteiger partial charge in [0.25, 0.3) is 0 Å². The molecule has 0 spiro atoms. The van der Waals surface area contributed by atoms with Gasteiger partial charge >= 0.3 is 5.97 Å². The summed E-state index contributed by atoms with van der Waals surface area (Å²) < 4.78 is 0. The molecule has 0 saturated carbocycles. The highest BCUT2D eigenvalue weighted by atomic mass is 16.4. The van der Waals surface area contributed by atoms with Crippen LogP contribution in [0.4, 0.5) is 5.69 Å². The number of para-hydroxylation sites is 1. The summed E-state index contributed by atoms with van der Waals surface area (Å²) in [5.41, 5.74) is 2.22. The molecule has 0 aromatic heterocycles. The first-order chi connectivity index (χ1) is 7.18. The van der Waals surface area contributed by atoms with E-state index in [4.69, 9.17) is 5.11 Å². The minimum Gasteiger partial charge on any atom is -0.477 e. The van der Waals surface area contributed by atoms with E-state index < -0.39 is 5.97 Å². The average molecular weight is 204 g/mol. The van der Waals surface area contributed by atoms with Crippen molar-refractivity contribution in [2.45, 2.75) is 19.4 Å². The number of aliphatic carboxylic acids is 1. The van der Waals surface area contributed by atoms with Gasteiger partial charge in [0.05, 0.1) is 11.7 Å². The van der Waals surface area contributed by atoms with Crippen LogP contribution >= 0.6 is 0 Å². The van der Waals surface area contributed by atoms with Crippen LogP contribution in [0.15, 0.2) is 29.4 Å². The monoisotopic (exact) mass is 204 g/mol. The summed E-state index contributed by atoms with van der Waals surface area (Å²) in [6.45, 7) is 2.03. The highest BCUT2D eigenvalue weighted by molar-refractivity contribution is 6.22. The number of benzene rings is 1. The van der Waals surface area contributed by atoms with E-state index >= 15 is 0 Å². The number of carboxylic acid groups (broad SMARTS) is 1. The van der Waals surface area contributed by atoms with Crippen molar-refractivity contribution < 1.29 is 9.90 Å². The summed E-state index contributed by atoms with van der Waals surface area (Å²) in [7, 11) is 0. The third kappa shape index (κ3) is 1.83. The number of hydrazone groups is 1. The summed E-state index contributed by atoms with van der Waals surface area (Å²) in [6.07, 6.45) is 1.84. The third-order valence-electron chi connectivity index (χ3n) is 2.46. The standard InChI is InChI=1S/C11H12N2O2/c1-8-6-9-4-2-3-5-10(9)13(8)12-7-11(14)15/h2-5,7-8H,6H2,1H3,(H,14,15). The zero-order valence-electron chi connectivity index (χ0n) is 8.42. The fraction of sp³-hybridized carbons (Fsp3) is 0.273. The van der Waals surface area contributed by atoms with E-state index in [1.165, 1.54) is 5.56 Å². The minimum absolute atomic E-state index is 0.220. The van der Waals surface area contributed by atoms with Crippen LogP contribution in [0.5, 0.6) is 0 Å². The van der Waals surface area contributed by atoms with Gasteiger partial charge in [-0.25, -0.2) is 4.79 Å². The molecule has 1 aliphatic heterocycles. The number of rotatable bonds is 2. The summed E-state index contributed by atoms with van der Waals surface area (Å²) in [5.74, 6) is -1.02. The lowest BCUT2D eigenvalue weighted by atomic mass is 10.1. The van der Waals surface area contributed by atoms with Crippen molar-refractivity contribution in [3.8, 4) is 0 Å². The van der Waals surface area contributed by atoms with Gasteiger partial charge in [0.15, 0.2) is 0 Å². The smallest absolute Gasteiger partial charge is 0.348 e. The van der Waals surface area contributed by atoms with Gasteiger partial charge in [0, 0.05) is 0 Å². The lowest BCUT2D eigenvalue weighted by molar-refractivity contribution is -0.128. The van der Waals surface area contributed by atoms with Crippen LogP contribution in [0.3, 0.4) is 0 Å². The number of fused-ring (bicyclic) bond motifs is 1. The molecule has 0 aliphatic carbocycles. The molecule has 1 atom stereocenters. The molecule has 1 aliphatic rings. The van der Waals surface area contributed by atoms with Gasteiger partial charge in [-0.1, -0.05) is 18.2 Å². The molecule has 0 amide bonds. The molecular weight excluding hydrogens is 192 g/mol. The molecule has 0 fully saturated rings. The van der Waals surface area contributed by atoms with Crippen LogP contribution < -0.4 is 5.01 Å². The van der Waals surface area contributed by atoms with Crippen molar-refractivity contribution in [3.05, 3.63) is 29.8 Å². The second-order valence-electron chi connectivity index (χ2n) is 3.61. The van der Waals surface area contributed by atoms with Gasteiger partial charge in [0.1, 0.15) is 6.21 Å². The van der Waals surface area contributed by atoms with Gasteiger partial charge in [-0.2, -0.15) is 5.10 Å². The van der Waals surface area contributed by atoms with Crippen LogP contribution in [-0.2, 0) is 11.2 Å². The molecule has 1 N–H and O–H groups in total. The lowest BCUT2D eigenvalue weighted by Crippen LogP contribution is -2.24. The predicted octanol–water partition coefficient (Wildman–Crippen LogP) is 1.51. The second-order valence-corrected chi connectivity index (χ2v) is 3.61. The maximum Gasteiger partial charge on any atom is 0.348 e. The van der Waals surface area contributed by atoms with Crippen LogP contribution in [-0.4, -0.2) is 23.3 Å². The Hall–Kier alpha value is -1.84. The van der Waals surface area contributed by atoms with Crippen molar-refractivity contribution in [1.82, 2.24) is 0 Å². The maximum absolute atomic E-state index is 10.4.